The van der Waals surface area contributed by atoms with Crippen LogP contribution in [0, 0.1) is 5.82 Å². The van der Waals surface area contributed by atoms with Crippen molar-refractivity contribution in [1.29, 1.82) is 0 Å². The molecule has 1 heterocycles. The number of benzene rings is 1. The lowest BCUT2D eigenvalue weighted by Gasteiger charge is -2.12. The van der Waals surface area contributed by atoms with Crippen LogP contribution in [0.1, 0.15) is 13.8 Å². The number of aromatic nitrogens is 3. The molecule has 5 nitrogen and oxygen atoms in total. The Balaban J connectivity index is 2.29. The molecule has 0 radical (unpaired) electrons. The van der Waals surface area contributed by atoms with E-state index in [2.05, 4.69) is 22.1 Å². The summed E-state index contributed by atoms with van der Waals surface area (Å²) in [7, 11) is 0. The smallest absolute Gasteiger partial charge is 0.233 e. The molecule has 7 heteroatoms. The van der Waals surface area contributed by atoms with E-state index in [0.29, 0.717) is 24.1 Å². The van der Waals surface area contributed by atoms with Crippen molar-refractivity contribution in [3.63, 3.8) is 0 Å². The molecule has 0 unspecified atom stereocenters. The minimum Gasteiger partial charge on any atom is -0.355 e. The standard InChI is InChI=1S/C16H19FN4OS/c1-4-10-21-14(12-6-8-13(17)9-7-12)19-20-16(21)23-11(3)15(22)18-5-2/h4,6-9,11H,1,5,10H2,2-3H3,(H,18,22)/t11-/m1/s1. The zero-order valence-corrected chi connectivity index (χ0v) is 13.9. The van der Waals surface area contributed by atoms with Crippen LogP contribution in [0.25, 0.3) is 11.4 Å². The van der Waals surface area contributed by atoms with Crippen LogP contribution in [0.2, 0.25) is 0 Å². The second kappa shape index (κ2) is 7.92. The number of allylic oxidation sites excluding steroid dienone is 1. The van der Waals surface area contributed by atoms with Gasteiger partial charge in [0.1, 0.15) is 5.82 Å². The highest BCUT2D eigenvalue weighted by atomic mass is 32.2. The Labute approximate surface area is 139 Å². The third-order valence-electron chi connectivity index (χ3n) is 3.13. The normalized spacial score (nSPS) is 12.0. The summed E-state index contributed by atoms with van der Waals surface area (Å²) in [5, 5.41) is 11.5. The quantitative estimate of drug-likeness (QED) is 0.625. The minimum absolute atomic E-state index is 0.0472. The van der Waals surface area contributed by atoms with Crippen LogP contribution in [-0.2, 0) is 11.3 Å². The van der Waals surface area contributed by atoms with Gasteiger partial charge in [-0.25, -0.2) is 4.39 Å². The van der Waals surface area contributed by atoms with E-state index in [0.717, 1.165) is 5.56 Å². The van der Waals surface area contributed by atoms with E-state index >= 15 is 0 Å². The van der Waals surface area contributed by atoms with E-state index in [1.165, 1.54) is 23.9 Å². The summed E-state index contributed by atoms with van der Waals surface area (Å²) in [5.74, 6) is 0.271. The SMILES string of the molecule is C=CCn1c(S[C@H](C)C(=O)NCC)nnc1-c1ccc(F)cc1. The molecule has 0 saturated heterocycles. The monoisotopic (exact) mass is 334 g/mol. The number of rotatable bonds is 7. The molecular weight excluding hydrogens is 315 g/mol. The van der Waals surface area contributed by atoms with E-state index in [-0.39, 0.29) is 17.0 Å². The molecule has 0 saturated carbocycles. The first kappa shape index (κ1) is 17.2. The van der Waals surface area contributed by atoms with Gasteiger partial charge >= 0.3 is 0 Å². The van der Waals surface area contributed by atoms with E-state index < -0.39 is 0 Å². The summed E-state index contributed by atoms with van der Waals surface area (Å²) < 4.78 is 14.9. The average molecular weight is 334 g/mol. The van der Waals surface area contributed by atoms with E-state index in [1.54, 1.807) is 18.2 Å². The van der Waals surface area contributed by atoms with Crippen LogP contribution >= 0.6 is 11.8 Å². The number of halogens is 1. The number of thioether (sulfide) groups is 1. The lowest BCUT2D eigenvalue weighted by atomic mass is 10.2. The number of nitrogens with one attached hydrogen (secondary N) is 1. The molecule has 23 heavy (non-hydrogen) atoms. The number of carbonyl (C=O) groups excluding carboxylic acids is 1. The van der Waals surface area contributed by atoms with Gasteiger partial charge in [0.25, 0.3) is 0 Å². The first-order chi connectivity index (χ1) is 11.1. The van der Waals surface area contributed by atoms with Gasteiger partial charge in [0.2, 0.25) is 5.91 Å². The maximum absolute atomic E-state index is 13.1. The van der Waals surface area contributed by atoms with Gasteiger partial charge in [-0.2, -0.15) is 0 Å². The fourth-order valence-electron chi connectivity index (χ4n) is 2.01. The number of hydrogen-bond donors (Lipinski definition) is 1. The maximum Gasteiger partial charge on any atom is 0.233 e. The van der Waals surface area contributed by atoms with Crippen molar-refractivity contribution in [2.45, 2.75) is 30.8 Å². The molecule has 1 atom stereocenters. The minimum atomic E-state index is -0.303. The van der Waals surface area contributed by atoms with Crippen LogP contribution in [0.5, 0.6) is 0 Å². The lowest BCUT2D eigenvalue weighted by molar-refractivity contribution is -0.120. The predicted octanol–water partition coefficient (Wildman–Crippen LogP) is 2.89. The molecule has 1 amide bonds. The summed E-state index contributed by atoms with van der Waals surface area (Å²) in [5.41, 5.74) is 0.762. The zero-order valence-electron chi connectivity index (χ0n) is 13.1. The molecule has 0 bridgehead atoms. The first-order valence-electron chi connectivity index (χ1n) is 7.31. The van der Waals surface area contributed by atoms with Gasteiger partial charge in [-0.05, 0) is 38.1 Å². The summed E-state index contributed by atoms with van der Waals surface area (Å²) in [4.78, 5) is 11.9. The van der Waals surface area contributed by atoms with Crippen molar-refractivity contribution in [1.82, 2.24) is 20.1 Å². The lowest BCUT2D eigenvalue weighted by Crippen LogP contribution is -2.30. The molecule has 1 N–H and O–H groups in total. The van der Waals surface area contributed by atoms with E-state index in [1.807, 2.05) is 18.4 Å². The number of hydrogen-bond acceptors (Lipinski definition) is 4. The van der Waals surface area contributed by atoms with Gasteiger partial charge in [0.15, 0.2) is 11.0 Å². The summed E-state index contributed by atoms with van der Waals surface area (Å²) >= 11 is 1.33. The number of carbonyl (C=O) groups is 1. The second-order valence-corrected chi connectivity index (χ2v) is 6.17. The van der Waals surface area contributed by atoms with Crippen molar-refractivity contribution >= 4 is 17.7 Å². The van der Waals surface area contributed by atoms with Crippen LogP contribution in [0.4, 0.5) is 4.39 Å². The molecule has 0 aliphatic rings. The first-order valence-corrected chi connectivity index (χ1v) is 8.19. The Morgan fingerprint density at radius 1 is 1.43 bits per heavy atom. The third-order valence-corrected chi connectivity index (χ3v) is 4.21. The van der Waals surface area contributed by atoms with Crippen molar-refractivity contribution in [3.05, 3.63) is 42.7 Å². The van der Waals surface area contributed by atoms with Crippen LogP contribution in [0.15, 0.2) is 42.1 Å². The predicted molar refractivity (Wildman–Crippen MR) is 89.6 cm³/mol. The molecule has 122 valence electrons. The van der Waals surface area contributed by atoms with Crippen molar-refractivity contribution in [3.8, 4) is 11.4 Å². The Morgan fingerprint density at radius 2 is 2.13 bits per heavy atom. The highest BCUT2D eigenvalue weighted by Gasteiger charge is 2.20. The second-order valence-electron chi connectivity index (χ2n) is 4.87. The molecular formula is C16H19FN4OS. The largest absolute Gasteiger partial charge is 0.355 e. The van der Waals surface area contributed by atoms with Crippen LogP contribution < -0.4 is 5.32 Å². The van der Waals surface area contributed by atoms with Gasteiger partial charge in [-0.3, -0.25) is 9.36 Å². The van der Waals surface area contributed by atoms with Gasteiger partial charge in [0.05, 0.1) is 5.25 Å². The third kappa shape index (κ3) is 4.19. The van der Waals surface area contributed by atoms with Gasteiger partial charge in [-0.1, -0.05) is 17.8 Å². The van der Waals surface area contributed by atoms with Crippen LogP contribution in [0.3, 0.4) is 0 Å². The fraction of sp³-hybridized carbons (Fsp3) is 0.312. The Kier molecular flexibility index (Phi) is 5.92. The van der Waals surface area contributed by atoms with Gasteiger partial charge in [0, 0.05) is 18.7 Å². The molecule has 2 rings (SSSR count). The Hall–Kier alpha value is -2.15. The maximum atomic E-state index is 13.1. The van der Waals surface area contributed by atoms with Gasteiger partial charge < -0.3 is 5.32 Å². The van der Waals surface area contributed by atoms with Crippen LogP contribution in [-0.4, -0.2) is 32.5 Å². The van der Waals surface area contributed by atoms with E-state index in [4.69, 9.17) is 0 Å². The molecule has 0 fully saturated rings. The molecule has 0 aliphatic heterocycles. The van der Waals surface area contributed by atoms with Crippen molar-refractivity contribution in [2.75, 3.05) is 6.54 Å². The average Bonchev–Trinajstić information content (AvgIpc) is 2.91. The fourth-order valence-corrected chi connectivity index (χ4v) is 2.89. The molecule has 1 aromatic heterocycles. The molecule has 1 aromatic carbocycles. The molecule has 2 aromatic rings. The summed E-state index contributed by atoms with van der Waals surface area (Å²) in [6.45, 7) is 8.53. The summed E-state index contributed by atoms with van der Waals surface area (Å²) in [6.07, 6.45) is 1.73. The van der Waals surface area contributed by atoms with Crippen molar-refractivity contribution in [2.24, 2.45) is 0 Å². The number of nitrogens with zero attached hydrogens (tertiary/aromatic N) is 3. The Morgan fingerprint density at radius 3 is 2.74 bits per heavy atom. The highest BCUT2D eigenvalue weighted by Crippen LogP contribution is 2.27. The molecule has 0 spiro atoms. The van der Waals surface area contributed by atoms with Crippen molar-refractivity contribution < 1.29 is 9.18 Å². The molecule has 0 aliphatic carbocycles. The van der Waals surface area contributed by atoms with E-state index in [9.17, 15) is 9.18 Å². The highest BCUT2D eigenvalue weighted by molar-refractivity contribution is 8.00. The Bertz CT molecular complexity index is 684. The zero-order chi connectivity index (χ0) is 16.8. The number of amides is 1. The van der Waals surface area contributed by atoms with Gasteiger partial charge in [-0.15, -0.1) is 16.8 Å². The topological polar surface area (TPSA) is 59.8 Å². The summed E-state index contributed by atoms with van der Waals surface area (Å²) in [6, 6.07) is 6.07.